The van der Waals surface area contributed by atoms with E-state index in [9.17, 15) is 4.79 Å². The number of aromatic nitrogens is 4. The van der Waals surface area contributed by atoms with Gasteiger partial charge in [0.2, 0.25) is 5.91 Å². The van der Waals surface area contributed by atoms with Crippen molar-refractivity contribution >= 4 is 11.6 Å². The van der Waals surface area contributed by atoms with Crippen molar-refractivity contribution in [3.63, 3.8) is 0 Å². The third-order valence-electron chi connectivity index (χ3n) is 2.88. The normalized spacial score (nSPS) is 12.1. The number of nitrogens with two attached hydrogens (primary N) is 1. The third-order valence-corrected chi connectivity index (χ3v) is 2.88. The molecule has 0 radical (unpaired) electrons. The minimum absolute atomic E-state index is 0.105. The average molecular weight is 274 g/mol. The summed E-state index contributed by atoms with van der Waals surface area (Å²) in [5.74, 6) is -0.105. The minimum atomic E-state index is -0.111. The Balaban J connectivity index is 2.08. The van der Waals surface area contributed by atoms with Gasteiger partial charge in [0, 0.05) is 12.5 Å². The van der Waals surface area contributed by atoms with Crippen LogP contribution in [0.1, 0.15) is 26.2 Å². The minimum Gasteiger partial charge on any atom is -0.327 e. The summed E-state index contributed by atoms with van der Waals surface area (Å²) in [7, 11) is 0. The molecule has 106 valence electrons. The first-order valence-electron chi connectivity index (χ1n) is 6.58. The molecule has 2 rings (SSSR count). The maximum Gasteiger partial charge on any atom is 0.225 e. The topological polar surface area (TPSA) is 98.7 Å². The molecule has 3 N–H and O–H groups in total. The number of amides is 1. The molecule has 0 saturated carbocycles. The van der Waals surface area contributed by atoms with Crippen molar-refractivity contribution < 1.29 is 4.79 Å². The summed E-state index contributed by atoms with van der Waals surface area (Å²) in [6.45, 7) is 2.05. The Morgan fingerprint density at radius 1 is 1.45 bits per heavy atom. The smallest absolute Gasteiger partial charge is 0.225 e. The van der Waals surface area contributed by atoms with Crippen LogP contribution in [0.2, 0.25) is 0 Å². The molecule has 1 atom stereocenters. The number of tetrazole rings is 1. The van der Waals surface area contributed by atoms with E-state index in [4.69, 9.17) is 5.73 Å². The fourth-order valence-electron chi connectivity index (χ4n) is 1.96. The van der Waals surface area contributed by atoms with Gasteiger partial charge < -0.3 is 11.1 Å². The Morgan fingerprint density at radius 3 is 2.95 bits per heavy atom. The lowest BCUT2D eigenvalue weighted by atomic mass is 10.1. The van der Waals surface area contributed by atoms with Crippen molar-refractivity contribution in [2.75, 3.05) is 5.32 Å². The lowest BCUT2D eigenvalue weighted by molar-refractivity contribution is -0.116. The highest BCUT2D eigenvalue weighted by Crippen LogP contribution is 2.18. The van der Waals surface area contributed by atoms with Crippen LogP contribution in [0.3, 0.4) is 0 Å². The Hall–Kier alpha value is -2.28. The fraction of sp³-hybridized carbons (Fsp3) is 0.385. The van der Waals surface area contributed by atoms with Crippen LogP contribution in [0.15, 0.2) is 30.6 Å². The van der Waals surface area contributed by atoms with Gasteiger partial charge in [-0.3, -0.25) is 4.79 Å². The van der Waals surface area contributed by atoms with Crippen LogP contribution < -0.4 is 11.1 Å². The van der Waals surface area contributed by atoms with Crippen molar-refractivity contribution in [3.8, 4) is 5.69 Å². The van der Waals surface area contributed by atoms with Crippen LogP contribution in [0, 0.1) is 0 Å². The number of nitrogens with one attached hydrogen (secondary N) is 1. The summed E-state index contributed by atoms with van der Waals surface area (Å²) in [5, 5.41) is 13.9. The fourth-order valence-corrected chi connectivity index (χ4v) is 1.96. The molecule has 1 aromatic heterocycles. The first-order chi connectivity index (χ1) is 9.70. The maximum atomic E-state index is 12.0. The number of hydrogen-bond donors (Lipinski definition) is 2. The van der Waals surface area contributed by atoms with E-state index in [1.54, 1.807) is 6.07 Å². The molecule has 20 heavy (non-hydrogen) atoms. The molecular formula is C13H18N6O. The summed E-state index contributed by atoms with van der Waals surface area (Å²) in [5.41, 5.74) is 7.25. The number of carbonyl (C=O) groups excluding carboxylic acids is 1. The Bertz CT molecular complexity index is 554. The Morgan fingerprint density at radius 2 is 2.25 bits per heavy atom. The highest BCUT2D eigenvalue weighted by atomic mass is 16.1. The number of anilines is 1. The molecule has 1 amide bonds. The van der Waals surface area contributed by atoms with Crippen LogP contribution in [0.5, 0.6) is 0 Å². The summed E-state index contributed by atoms with van der Waals surface area (Å²) < 4.78 is 1.50. The molecule has 0 bridgehead atoms. The highest BCUT2D eigenvalue weighted by Gasteiger charge is 2.12. The van der Waals surface area contributed by atoms with Crippen LogP contribution >= 0.6 is 0 Å². The van der Waals surface area contributed by atoms with Gasteiger partial charge in [-0.2, -0.15) is 4.68 Å². The lowest BCUT2D eigenvalue weighted by Crippen LogP contribution is -2.27. The van der Waals surface area contributed by atoms with Crippen molar-refractivity contribution in [2.45, 2.75) is 32.2 Å². The molecular weight excluding hydrogens is 256 g/mol. The zero-order chi connectivity index (χ0) is 14.4. The Kier molecular flexibility index (Phi) is 4.78. The van der Waals surface area contributed by atoms with Gasteiger partial charge in [0.05, 0.1) is 11.4 Å². The molecule has 7 heteroatoms. The quantitative estimate of drug-likeness (QED) is 0.822. The Labute approximate surface area is 117 Å². The number of hydrogen-bond acceptors (Lipinski definition) is 5. The average Bonchev–Trinajstić information content (AvgIpc) is 2.93. The second-order valence-corrected chi connectivity index (χ2v) is 4.57. The standard InChI is InChI=1S/C13H18N6O/c1-2-5-10(14)8-13(20)16-11-6-3-4-7-12(11)19-9-15-17-18-19/h3-4,6-7,9-10H,2,5,8,14H2,1H3,(H,16,20). The van der Waals surface area contributed by atoms with E-state index in [1.807, 2.05) is 25.1 Å². The number of rotatable bonds is 6. The summed E-state index contributed by atoms with van der Waals surface area (Å²) in [6, 6.07) is 7.23. The van der Waals surface area contributed by atoms with Crippen molar-refractivity contribution in [1.82, 2.24) is 20.2 Å². The van der Waals surface area contributed by atoms with Gasteiger partial charge in [-0.15, -0.1) is 5.10 Å². The summed E-state index contributed by atoms with van der Waals surface area (Å²) in [4.78, 5) is 12.0. The van der Waals surface area contributed by atoms with Gasteiger partial charge in [-0.05, 0) is 29.0 Å². The molecule has 1 heterocycles. The van der Waals surface area contributed by atoms with E-state index in [0.29, 0.717) is 12.1 Å². The number of benzene rings is 1. The van der Waals surface area contributed by atoms with E-state index in [1.165, 1.54) is 11.0 Å². The highest BCUT2D eigenvalue weighted by molar-refractivity contribution is 5.93. The van der Waals surface area contributed by atoms with E-state index >= 15 is 0 Å². The van der Waals surface area contributed by atoms with Gasteiger partial charge in [0.25, 0.3) is 0 Å². The summed E-state index contributed by atoms with van der Waals surface area (Å²) >= 11 is 0. The van der Waals surface area contributed by atoms with Gasteiger partial charge >= 0.3 is 0 Å². The van der Waals surface area contributed by atoms with Crippen molar-refractivity contribution in [3.05, 3.63) is 30.6 Å². The van der Waals surface area contributed by atoms with E-state index in [2.05, 4.69) is 20.8 Å². The van der Waals surface area contributed by atoms with Crippen LogP contribution in [-0.4, -0.2) is 32.2 Å². The van der Waals surface area contributed by atoms with Gasteiger partial charge in [-0.25, -0.2) is 0 Å². The molecule has 1 aromatic carbocycles. The molecule has 2 aromatic rings. The van der Waals surface area contributed by atoms with Gasteiger partial charge in [-0.1, -0.05) is 25.5 Å². The molecule has 1 unspecified atom stereocenters. The zero-order valence-corrected chi connectivity index (χ0v) is 11.4. The molecule has 0 saturated heterocycles. The van der Waals surface area contributed by atoms with E-state index in [0.717, 1.165) is 18.5 Å². The van der Waals surface area contributed by atoms with Gasteiger partial charge in [0.15, 0.2) is 0 Å². The molecule has 0 fully saturated rings. The molecule has 7 nitrogen and oxygen atoms in total. The third kappa shape index (κ3) is 3.61. The van der Waals surface area contributed by atoms with Crippen LogP contribution in [-0.2, 0) is 4.79 Å². The lowest BCUT2D eigenvalue weighted by Gasteiger charge is -2.12. The first kappa shape index (κ1) is 14.1. The number of para-hydroxylation sites is 2. The monoisotopic (exact) mass is 274 g/mol. The van der Waals surface area contributed by atoms with Crippen molar-refractivity contribution in [1.29, 1.82) is 0 Å². The predicted molar refractivity (Wildman–Crippen MR) is 75.3 cm³/mol. The molecule has 0 aliphatic heterocycles. The van der Waals surface area contributed by atoms with E-state index < -0.39 is 0 Å². The second kappa shape index (κ2) is 6.76. The molecule has 0 spiro atoms. The van der Waals surface area contributed by atoms with Crippen LogP contribution in [0.4, 0.5) is 5.69 Å². The first-order valence-corrected chi connectivity index (χ1v) is 6.58. The maximum absolute atomic E-state index is 12.0. The summed E-state index contributed by atoms with van der Waals surface area (Å²) in [6.07, 6.45) is 3.59. The molecule has 0 aliphatic rings. The largest absolute Gasteiger partial charge is 0.327 e. The van der Waals surface area contributed by atoms with Crippen molar-refractivity contribution in [2.24, 2.45) is 5.73 Å². The SMILES string of the molecule is CCCC(N)CC(=O)Nc1ccccc1-n1cnnn1. The van der Waals surface area contributed by atoms with Crippen LogP contribution in [0.25, 0.3) is 5.69 Å². The number of carbonyl (C=O) groups is 1. The predicted octanol–water partition coefficient (Wildman–Crippen LogP) is 1.12. The van der Waals surface area contributed by atoms with Gasteiger partial charge in [0.1, 0.15) is 6.33 Å². The molecule has 0 aliphatic carbocycles. The van der Waals surface area contributed by atoms with E-state index in [-0.39, 0.29) is 11.9 Å². The zero-order valence-electron chi connectivity index (χ0n) is 11.4. The second-order valence-electron chi connectivity index (χ2n) is 4.57. The number of nitrogens with zero attached hydrogens (tertiary/aromatic N) is 4.